The van der Waals surface area contributed by atoms with Crippen LogP contribution in [0.1, 0.15) is 5.69 Å². The molecule has 0 saturated heterocycles. The summed E-state index contributed by atoms with van der Waals surface area (Å²) >= 11 is 9.56. The van der Waals surface area contributed by atoms with E-state index in [-0.39, 0.29) is 16.9 Å². The van der Waals surface area contributed by atoms with Gasteiger partial charge in [0.25, 0.3) is 5.89 Å². The van der Waals surface area contributed by atoms with Gasteiger partial charge in [-0.3, -0.25) is 0 Å². The molecule has 10 heteroatoms. The lowest BCUT2D eigenvalue weighted by molar-refractivity contribution is -0.140. The van der Waals surface area contributed by atoms with Gasteiger partial charge in [0.2, 0.25) is 5.82 Å². The van der Waals surface area contributed by atoms with Gasteiger partial charge in [-0.15, -0.1) is 0 Å². The molecular formula is C18H9BrClF3N4O. The molecule has 4 aromatic rings. The number of para-hydroxylation sites is 1. The van der Waals surface area contributed by atoms with Crippen molar-refractivity contribution < 1.29 is 17.7 Å². The second-order valence-electron chi connectivity index (χ2n) is 5.69. The lowest BCUT2D eigenvalue weighted by Crippen LogP contribution is -2.08. The molecule has 5 nitrogen and oxygen atoms in total. The number of halogens is 5. The van der Waals surface area contributed by atoms with E-state index < -0.39 is 17.4 Å². The van der Waals surface area contributed by atoms with Gasteiger partial charge in [-0.1, -0.05) is 50.9 Å². The number of hydrogen-bond donors (Lipinski definition) is 0. The van der Waals surface area contributed by atoms with Crippen LogP contribution >= 0.6 is 27.5 Å². The minimum Gasteiger partial charge on any atom is -0.334 e. The van der Waals surface area contributed by atoms with E-state index in [9.17, 15) is 13.2 Å². The van der Waals surface area contributed by atoms with Crippen LogP contribution in [0, 0.1) is 0 Å². The predicted octanol–water partition coefficient (Wildman–Crippen LogP) is 6.02. The molecule has 142 valence electrons. The van der Waals surface area contributed by atoms with E-state index in [1.54, 1.807) is 54.6 Å². The Kier molecular flexibility index (Phi) is 4.72. The summed E-state index contributed by atoms with van der Waals surface area (Å²) in [4.78, 5) is 4.09. The summed E-state index contributed by atoms with van der Waals surface area (Å²) in [6, 6.07) is 15.1. The van der Waals surface area contributed by atoms with Crippen molar-refractivity contribution in [3.8, 4) is 28.5 Å². The zero-order valence-electron chi connectivity index (χ0n) is 13.8. The Morgan fingerprint density at radius 1 is 1.00 bits per heavy atom. The molecule has 0 bridgehead atoms. The van der Waals surface area contributed by atoms with Gasteiger partial charge >= 0.3 is 6.18 Å². The Morgan fingerprint density at radius 2 is 1.68 bits per heavy atom. The molecule has 0 saturated carbocycles. The van der Waals surface area contributed by atoms with Crippen LogP contribution in [0.2, 0.25) is 5.15 Å². The first-order valence-electron chi connectivity index (χ1n) is 7.86. The van der Waals surface area contributed by atoms with Gasteiger partial charge in [-0.25, -0.2) is 4.68 Å². The standard InChI is InChI=1S/C18H9BrClF3N4O/c19-11-8-6-10(7-9-11)17-24-16(26-28-17)13-14(18(21,22)23)25-27(15(13)20)12-4-2-1-3-5-12/h1-9H. The molecule has 0 radical (unpaired) electrons. The van der Waals surface area contributed by atoms with Crippen LogP contribution in [0.5, 0.6) is 0 Å². The summed E-state index contributed by atoms with van der Waals surface area (Å²) in [7, 11) is 0. The molecule has 28 heavy (non-hydrogen) atoms. The number of benzene rings is 2. The molecule has 4 rings (SSSR count). The van der Waals surface area contributed by atoms with E-state index in [2.05, 4.69) is 31.2 Å². The maximum absolute atomic E-state index is 13.6. The van der Waals surface area contributed by atoms with E-state index in [0.717, 1.165) is 9.15 Å². The number of rotatable bonds is 3. The maximum Gasteiger partial charge on any atom is 0.435 e. The van der Waals surface area contributed by atoms with Crippen molar-refractivity contribution in [2.24, 2.45) is 0 Å². The van der Waals surface area contributed by atoms with Gasteiger partial charge in [0.15, 0.2) is 5.69 Å². The average molecular weight is 470 g/mol. The Balaban J connectivity index is 1.85. The van der Waals surface area contributed by atoms with Gasteiger partial charge in [-0.05, 0) is 36.4 Å². The second-order valence-corrected chi connectivity index (χ2v) is 6.96. The van der Waals surface area contributed by atoms with Crippen molar-refractivity contribution in [3.05, 3.63) is 69.9 Å². The second kappa shape index (κ2) is 7.06. The highest BCUT2D eigenvalue weighted by Gasteiger charge is 2.41. The molecule has 0 atom stereocenters. The van der Waals surface area contributed by atoms with Crippen molar-refractivity contribution in [2.75, 3.05) is 0 Å². The largest absolute Gasteiger partial charge is 0.435 e. The van der Waals surface area contributed by atoms with Crippen LogP contribution in [0.15, 0.2) is 63.6 Å². The molecule has 0 amide bonds. The minimum absolute atomic E-state index is 0.0687. The summed E-state index contributed by atoms with van der Waals surface area (Å²) in [5.41, 5.74) is -0.697. The van der Waals surface area contributed by atoms with Gasteiger partial charge in [0, 0.05) is 10.0 Å². The minimum atomic E-state index is -4.75. The summed E-state index contributed by atoms with van der Waals surface area (Å²) in [5.74, 6) is -0.225. The third-order valence-electron chi connectivity index (χ3n) is 3.84. The molecule has 0 unspecified atom stereocenters. The van der Waals surface area contributed by atoms with Crippen LogP contribution in [0.3, 0.4) is 0 Å². The first kappa shape index (κ1) is 18.7. The van der Waals surface area contributed by atoms with Crippen molar-refractivity contribution in [2.45, 2.75) is 6.18 Å². The Labute approximate surface area is 169 Å². The van der Waals surface area contributed by atoms with Gasteiger partial charge in [0.1, 0.15) is 5.15 Å². The fraction of sp³-hybridized carbons (Fsp3) is 0.0556. The zero-order valence-corrected chi connectivity index (χ0v) is 16.1. The molecule has 0 fully saturated rings. The van der Waals surface area contributed by atoms with Crippen molar-refractivity contribution in [1.29, 1.82) is 0 Å². The molecule has 0 aliphatic heterocycles. The smallest absolute Gasteiger partial charge is 0.334 e. The highest BCUT2D eigenvalue weighted by Crippen LogP contribution is 2.40. The Bertz CT molecular complexity index is 1120. The number of nitrogens with zero attached hydrogens (tertiary/aromatic N) is 4. The lowest BCUT2D eigenvalue weighted by Gasteiger charge is -2.03. The van der Waals surface area contributed by atoms with Gasteiger partial charge in [-0.2, -0.15) is 23.3 Å². The summed E-state index contributed by atoms with van der Waals surface area (Å²) < 4.78 is 47.7. The van der Waals surface area contributed by atoms with Crippen LogP contribution in [0.25, 0.3) is 28.5 Å². The monoisotopic (exact) mass is 468 g/mol. The Hall–Kier alpha value is -2.65. The normalized spacial score (nSPS) is 11.8. The molecule has 0 N–H and O–H groups in total. The van der Waals surface area contributed by atoms with Crippen molar-refractivity contribution in [3.63, 3.8) is 0 Å². The van der Waals surface area contributed by atoms with Crippen LogP contribution < -0.4 is 0 Å². The Morgan fingerprint density at radius 3 is 2.32 bits per heavy atom. The highest BCUT2D eigenvalue weighted by molar-refractivity contribution is 9.10. The van der Waals surface area contributed by atoms with Crippen molar-refractivity contribution >= 4 is 27.5 Å². The summed E-state index contributed by atoms with van der Waals surface area (Å²) in [5, 5.41) is 7.08. The van der Waals surface area contributed by atoms with E-state index >= 15 is 0 Å². The van der Waals surface area contributed by atoms with Gasteiger partial charge < -0.3 is 4.52 Å². The molecule has 2 aromatic carbocycles. The average Bonchev–Trinajstić information content (AvgIpc) is 3.27. The zero-order chi connectivity index (χ0) is 19.9. The third kappa shape index (κ3) is 3.43. The number of hydrogen-bond acceptors (Lipinski definition) is 4. The van der Waals surface area contributed by atoms with Crippen LogP contribution in [-0.4, -0.2) is 19.9 Å². The quantitative estimate of drug-likeness (QED) is 0.368. The number of alkyl halides is 3. The summed E-state index contributed by atoms with van der Waals surface area (Å²) in [6.07, 6.45) is -4.75. The van der Waals surface area contributed by atoms with E-state index in [4.69, 9.17) is 16.1 Å². The fourth-order valence-electron chi connectivity index (χ4n) is 2.57. The molecule has 0 aliphatic carbocycles. The molecule has 0 spiro atoms. The fourth-order valence-corrected chi connectivity index (χ4v) is 3.14. The molecule has 2 heterocycles. The lowest BCUT2D eigenvalue weighted by atomic mass is 10.2. The molecular weight excluding hydrogens is 461 g/mol. The van der Waals surface area contributed by atoms with E-state index in [0.29, 0.717) is 11.3 Å². The molecule has 2 aromatic heterocycles. The van der Waals surface area contributed by atoms with Crippen LogP contribution in [0.4, 0.5) is 13.2 Å². The van der Waals surface area contributed by atoms with E-state index in [1.165, 1.54) is 0 Å². The van der Waals surface area contributed by atoms with Crippen LogP contribution in [-0.2, 0) is 6.18 Å². The first-order valence-corrected chi connectivity index (χ1v) is 9.03. The number of aromatic nitrogens is 4. The maximum atomic E-state index is 13.6. The summed E-state index contributed by atoms with van der Waals surface area (Å²) in [6.45, 7) is 0. The van der Waals surface area contributed by atoms with E-state index in [1.807, 2.05) is 0 Å². The highest BCUT2D eigenvalue weighted by atomic mass is 79.9. The topological polar surface area (TPSA) is 56.7 Å². The van der Waals surface area contributed by atoms with Crippen molar-refractivity contribution in [1.82, 2.24) is 19.9 Å². The SMILES string of the molecule is FC(F)(F)c1nn(-c2ccccc2)c(Cl)c1-c1noc(-c2ccc(Br)cc2)n1. The first-order chi connectivity index (χ1) is 13.3. The third-order valence-corrected chi connectivity index (χ3v) is 4.72. The van der Waals surface area contributed by atoms with Gasteiger partial charge in [0.05, 0.1) is 11.3 Å². The molecule has 0 aliphatic rings. The predicted molar refractivity (Wildman–Crippen MR) is 100 cm³/mol.